The highest BCUT2D eigenvalue weighted by atomic mass is 16.7. The van der Waals surface area contributed by atoms with Crippen LogP contribution in [0.4, 0.5) is 0 Å². The van der Waals surface area contributed by atoms with Crippen molar-refractivity contribution in [3.63, 3.8) is 0 Å². The van der Waals surface area contributed by atoms with E-state index in [-0.39, 0.29) is 0 Å². The summed E-state index contributed by atoms with van der Waals surface area (Å²) in [6.07, 6.45) is 8.19. The van der Waals surface area contributed by atoms with Crippen molar-refractivity contribution in [3.05, 3.63) is 23.8 Å². The lowest BCUT2D eigenvalue weighted by atomic mass is 9.97. The van der Waals surface area contributed by atoms with Crippen LogP contribution in [0.15, 0.2) is 18.2 Å². The van der Waals surface area contributed by atoms with Gasteiger partial charge in [-0.3, -0.25) is 4.90 Å². The Balaban J connectivity index is 1.49. The molecule has 2 fully saturated rings. The summed E-state index contributed by atoms with van der Waals surface area (Å²) in [5.41, 5.74) is 1.40. The van der Waals surface area contributed by atoms with Crippen molar-refractivity contribution in [2.75, 3.05) is 19.9 Å². The zero-order chi connectivity index (χ0) is 13.4. The standard InChI is InChI=1S/C17H23NO2/c1-2-8-18(9-3-1)15(14-5-6-14)10-13-4-7-16-17(11-13)20-12-19-16/h4,7,11,14-15H,1-3,5-6,8-10,12H2. The van der Waals surface area contributed by atoms with E-state index in [0.29, 0.717) is 6.79 Å². The molecule has 2 heterocycles. The van der Waals surface area contributed by atoms with Crippen LogP contribution in [0.25, 0.3) is 0 Å². The number of rotatable bonds is 4. The van der Waals surface area contributed by atoms with Gasteiger partial charge in [0.25, 0.3) is 0 Å². The fourth-order valence-electron chi connectivity index (χ4n) is 3.63. The summed E-state index contributed by atoms with van der Waals surface area (Å²) in [7, 11) is 0. The summed E-state index contributed by atoms with van der Waals surface area (Å²) in [4.78, 5) is 2.74. The van der Waals surface area contributed by atoms with Gasteiger partial charge >= 0.3 is 0 Å². The minimum atomic E-state index is 0.372. The maximum absolute atomic E-state index is 5.51. The molecule has 1 saturated heterocycles. The first-order chi connectivity index (χ1) is 9.90. The van der Waals surface area contributed by atoms with Crippen LogP contribution in [0.3, 0.4) is 0 Å². The van der Waals surface area contributed by atoms with Crippen molar-refractivity contribution < 1.29 is 9.47 Å². The van der Waals surface area contributed by atoms with Crippen LogP contribution in [-0.2, 0) is 6.42 Å². The molecule has 3 heteroatoms. The molecule has 1 unspecified atom stereocenters. The molecule has 0 radical (unpaired) electrons. The molecule has 1 atom stereocenters. The molecule has 1 aliphatic carbocycles. The van der Waals surface area contributed by atoms with Gasteiger partial charge in [0, 0.05) is 6.04 Å². The van der Waals surface area contributed by atoms with Crippen LogP contribution >= 0.6 is 0 Å². The highest BCUT2D eigenvalue weighted by Gasteiger charge is 2.35. The van der Waals surface area contributed by atoms with Crippen molar-refractivity contribution in [3.8, 4) is 11.5 Å². The predicted octanol–water partition coefficient (Wildman–Crippen LogP) is 3.22. The van der Waals surface area contributed by atoms with Gasteiger partial charge in [-0.15, -0.1) is 0 Å². The third-order valence-corrected chi connectivity index (χ3v) is 4.91. The monoisotopic (exact) mass is 273 g/mol. The van der Waals surface area contributed by atoms with E-state index in [2.05, 4.69) is 23.1 Å². The maximum Gasteiger partial charge on any atom is 0.231 e. The quantitative estimate of drug-likeness (QED) is 0.840. The number of ether oxygens (including phenoxy) is 2. The second-order valence-electron chi connectivity index (χ2n) is 6.39. The SMILES string of the molecule is c1cc2c(cc1CC(C1CC1)N1CCCCC1)OCO2. The Hall–Kier alpha value is -1.22. The number of fused-ring (bicyclic) bond motifs is 1. The van der Waals surface area contributed by atoms with Gasteiger partial charge in [0.15, 0.2) is 11.5 Å². The van der Waals surface area contributed by atoms with Gasteiger partial charge in [-0.2, -0.15) is 0 Å². The van der Waals surface area contributed by atoms with Crippen molar-refractivity contribution in [1.82, 2.24) is 4.90 Å². The number of hydrogen-bond donors (Lipinski definition) is 0. The van der Waals surface area contributed by atoms with Gasteiger partial charge in [0.05, 0.1) is 0 Å². The van der Waals surface area contributed by atoms with Crippen molar-refractivity contribution in [2.45, 2.75) is 44.6 Å². The molecule has 2 aliphatic heterocycles. The summed E-state index contributed by atoms with van der Waals surface area (Å²) in [5.74, 6) is 2.75. The number of likely N-dealkylation sites (tertiary alicyclic amines) is 1. The smallest absolute Gasteiger partial charge is 0.231 e. The number of benzene rings is 1. The van der Waals surface area contributed by atoms with Crippen LogP contribution < -0.4 is 9.47 Å². The number of nitrogens with zero attached hydrogens (tertiary/aromatic N) is 1. The molecule has 4 rings (SSSR count). The average Bonchev–Trinajstić information content (AvgIpc) is 3.23. The Kier molecular flexibility index (Phi) is 3.31. The van der Waals surface area contributed by atoms with Gasteiger partial charge < -0.3 is 9.47 Å². The first kappa shape index (κ1) is 12.5. The van der Waals surface area contributed by atoms with Crippen LogP contribution in [0.2, 0.25) is 0 Å². The van der Waals surface area contributed by atoms with Crippen LogP contribution in [0.1, 0.15) is 37.7 Å². The second-order valence-corrected chi connectivity index (χ2v) is 6.39. The Morgan fingerprint density at radius 2 is 1.85 bits per heavy atom. The van der Waals surface area contributed by atoms with Crippen molar-refractivity contribution in [1.29, 1.82) is 0 Å². The molecule has 0 spiro atoms. The molecule has 1 saturated carbocycles. The lowest BCUT2D eigenvalue weighted by Crippen LogP contribution is -2.41. The molecule has 3 nitrogen and oxygen atoms in total. The van der Waals surface area contributed by atoms with E-state index in [9.17, 15) is 0 Å². The third-order valence-electron chi connectivity index (χ3n) is 4.91. The Morgan fingerprint density at radius 3 is 2.65 bits per heavy atom. The highest BCUT2D eigenvalue weighted by molar-refractivity contribution is 5.44. The normalized spacial score (nSPS) is 23.8. The summed E-state index contributed by atoms with van der Waals surface area (Å²) in [5, 5.41) is 0. The fourth-order valence-corrected chi connectivity index (χ4v) is 3.63. The first-order valence-corrected chi connectivity index (χ1v) is 8.03. The molecule has 20 heavy (non-hydrogen) atoms. The summed E-state index contributed by atoms with van der Waals surface area (Å²) in [6, 6.07) is 7.21. The Morgan fingerprint density at radius 1 is 1.05 bits per heavy atom. The van der Waals surface area contributed by atoms with E-state index < -0.39 is 0 Å². The molecule has 0 bridgehead atoms. The minimum absolute atomic E-state index is 0.372. The molecule has 0 aromatic heterocycles. The molecule has 3 aliphatic rings. The fraction of sp³-hybridized carbons (Fsp3) is 0.647. The molecule has 0 amide bonds. The molecule has 0 N–H and O–H groups in total. The molecule has 1 aromatic rings. The van der Waals surface area contributed by atoms with E-state index in [0.717, 1.165) is 23.5 Å². The zero-order valence-corrected chi connectivity index (χ0v) is 12.0. The first-order valence-electron chi connectivity index (χ1n) is 8.03. The summed E-state index contributed by atoms with van der Waals surface area (Å²) < 4.78 is 10.9. The zero-order valence-electron chi connectivity index (χ0n) is 12.0. The molecular weight excluding hydrogens is 250 g/mol. The lowest BCUT2D eigenvalue weighted by Gasteiger charge is -2.35. The van der Waals surface area contributed by atoms with Crippen LogP contribution in [0, 0.1) is 5.92 Å². The predicted molar refractivity (Wildman–Crippen MR) is 78.2 cm³/mol. The summed E-state index contributed by atoms with van der Waals surface area (Å²) in [6.45, 7) is 2.97. The van der Waals surface area contributed by atoms with Gasteiger partial charge in [0.2, 0.25) is 6.79 Å². The third kappa shape index (κ3) is 2.51. The van der Waals surface area contributed by atoms with Gasteiger partial charge in [0.1, 0.15) is 0 Å². The van der Waals surface area contributed by atoms with E-state index in [1.165, 1.54) is 57.2 Å². The topological polar surface area (TPSA) is 21.7 Å². The maximum atomic E-state index is 5.51. The number of piperidine rings is 1. The van der Waals surface area contributed by atoms with E-state index in [4.69, 9.17) is 9.47 Å². The average molecular weight is 273 g/mol. The van der Waals surface area contributed by atoms with Crippen molar-refractivity contribution >= 4 is 0 Å². The van der Waals surface area contributed by atoms with Gasteiger partial charge in [-0.25, -0.2) is 0 Å². The number of hydrogen-bond acceptors (Lipinski definition) is 3. The minimum Gasteiger partial charge on any atom is -0.454 e. The van der Waals surface area contributed by atoms with Crippen molar-refractivity contribution in [2.24, 2.45) is 5.92 Å². The van der Waals surface area contributed by atoms with Crippen LogP contribution in [0.5, 0.6) is 11.5 Å². The van der Waals surface area contributed by atoms with Crippen LogP contribution in [-0.4, -0.2) is 30.8 Å². The van der Waals surface area contributed by atoms with Gasteiger partial charge in [-0.05, 0) is 68.8 Å². The van der Waals surface area contributed by atoms with E-state index in [1.54, 1.807) is 0 Å². The Labute approximate surface area is 120 Å². The molecule has 1 aromatic carbocycles. The van der Waals surface area contributed by atoms with E-state index in [1.807, 2.05) is 0 Å². The van der Waals surface area contributed by atoms with Gasteiger partial charge in [-0.1, -0.05) is 12.5 Å². The molecule has 108 valence electrons. The second kappa shape index (κ2) is 5.28. The van der Waals surface area contributed by atoms with E-state index >= 15 is 0 Å². The largest absolute Gasteiger partial charge is 0.454 e. The highest BCUT2D eigenvalue weighted by Crippen LogP contribution is 2.39. The summed E-state index contributed by atoms with van der Waals surface area (Å²) >= 11 is 0. The lowest BCUT2D eigenvalue weighted by molar-refractivity contribution is 0.145. The molecular formula is C17H23NO2. The Bertz CT molecular complexity index is 478.